The molecule has 0 heterocycles. The summed E-state index contributed by atoms with van der Waals surface area (Å²) < 4.78 is 33.3. The van der Waals surface area contributed by atoms with Crippen molar-refractivity contribution in [2.24, 2.45) is 0 Å². The van der Waals surface area contributed by atoms with Crippen molar-refractivity contribution >= 4 is 15.9 Å². The molecular formula is C26H30N2O4S. The number of amides is 1. The summed E-state index contributed by atoms with van der Waals surface area (Å²) in [5.74, 6) is 0.809. The second-order valence-electron chi connectivity index (χ2n) is 8.00. The summed E-state index contributed by atoms with van der Waals surface area (Å²) in [5.41, 5.74) is 2.84. The number of carbonyl (C=O) groups is 1. The van der Waals surface area contributed by atoms with Crippen LogP contribution in [-0.4, -0.2) is 33.4 Å². The van der Waals surface area contributed by atoms with Crippen LogP contribution in [0.5, 0.6) is 5.75 Å². The Morgan fingerprint density at radius 1 is 0.939 bits per heavy atom. The van der Waals surface area contributed by atoms with Gasteiger partial charge in [0.25, 0.3) is 0 Å². The number of sulfonamides is 1. The molecular weight excluding hydrogens is 436 g/mol. The molecule has 0 spiro atoms. The van der Waals surface area contributed by atoms with E-state index in [9.17, 15) is 13.2 Å². The van der Waals surface area contributed by atoms with Gasteiger partial charge in [0, 0.05) is 26.1 Å². The predicted octanol–water partition coefficient (Wildman–Crippen LogP) is 4.33. The Balaban J connectivity index is 1.53. The number of nitrogens with one attached hydrogen (secondary N) is 1. The minimum atomic E-state index is -3.64. The predicted molar refractivity (Wildman–Crippen MR) is 129 cm³/mol. The highest BCUT2D eigenvalue weighted by Crippen LogP contribution is 2.18. The van der Waals surface area contributed by atoms with E-state index in [4.69, 9.17) is 4.74 Å². The standard InChI is InChI=1S/C26H30N2O4S/c1-20(23-7-5-4-6-8-23)27-33(30,31)25-16-11-21(12-17-25)13-18-26(29)28(2)19-22-9-14-24(32-3)15-10-22/h4-12,14-17,20,27H,13,18-19H2,1-3H3. The maximum atomic E-state index is 12.7. The SMILES string of the molecule is COc1ccc(CN(C)C(=O)CCc2ccc(S(=O)(=O)NC(C)c3ccccc3)cc2)cc1. The molecule has 1 unspecified atom stereocenters. The summed E-state index contributed by atoms with van der Waals surface area (Å²) in [5, 5.41) is 0. The van der Waals surface area contributed by atoms with Crippen LogP contribution >= 0.6 is 0 Å². The smallest absolute Gasteiger partial charge is 0.241 e. The molecule has 0 fully saturated rings. The first-order valence-electron chi connectivity index (χ1n) is 10.8. The van der Waals surface area contributed by atoms with Gasteiger partial charge in [-0.05, 0) is 54.3 Å². The average molecular weight is 467 g/mol. The van der Waals surface area contributed by atoms with E-state index >= 15 is 0 Å². The fraction of sp³-hybridized carbons (Fsp3) is 0.269. The van der Waals surface area contributed by atoms with Gasteiger partial charge < -0.3 is 9.64 Å². The van der Waals surface area contributed by atoms with Crippen LogP contribution in [0, 0.1) is 0 Å². The molecule has 3 rings (SSSR count). The summed E-state index contributed by atoms with van der Waals surface area (Å²) in [6.45, 7) is 2.33. The topological polar surface area (TPSA) is 75.7 Å². The molecule has 0 saturated carbocycles. The third-order valence-electron chi connectivity index (χ3n) is 5.50. The van der Waals surface area contributed by atoms with Crippen molar-refractivity contribution in [1.82, 2.24) is 9.62 Å². The van der Waals surface area contributed by atoms with E-state index < -0.39 is 10.0 Å². The van der Waals surface area contributed by atoms with Crippen LogP contribution < -0.4 is 9.46 Å². The van der Waals surface area contributed by atoms with Gasteiger partial charge in [0.2, 0.25) is 15.9 Å². The first-order chi connectivity index (χ1) is 15.8. The largest absolute Gasteiger partial charge is 0.497 e. The first kappa shape index (κ1) is 24.5. The number of aryl methyl sites for hydroxylation is 1. The van der Waals surface area contributed by atoms with E-state index in [2.05, 4.69) is 4.72 Å². The lowest BCUT2D eigenvalue weighted by Crippen LogP contribution is -2.27. The lowest BCUT2D eigenvalue weighted by atomic mass is 10.1. The molecule has 33 heavy (non-hydrogen) atoms. The van der Waals surface area contributed by atoms with Crippen LogP contribution in [0.2, 0.25) is 0 Å². The van der Waals surface area contributed by atoms with E-state index in [1.165, 1.54) is 0 Å². The maximum absolute atomic E-state index is 12.7. The van der Waals surface area contributed by atoms with Crippen molar-refractivity contribution in [3.05, 3.63) is 95.6 Å². The molecule has 0 saturated heterocycles. The van der Waals surface area contributed by atoms with E-state index in [1.807, 2.05) is 61.5 Å². The van der Waals surface area contributed by atoms with Crippen LogP contribution in [0.1, 0.15) is 36.1 Å². The zero-order valence-corrected chi connectivity index (χ0v) is 20.0. The third kappa shape index (κ3) is 6.91. The lowest BCUT2D eigenvalue weighted by Gasteiger charge is -2.18. The van der Waals surface area contributed by atoms with Crippen LogP contribution in [0.4, 0.5) is 0 Å². The Hall–Kier alpha value is -3.16. The normalized spacial score (nSPS) is 12.2. The van der Waals surface area contributed by atoms with Crippen molar-refractivity contribution in [3.63, 3.8) is 0 Å². The van der Waals surface area contributed by atoms with Gasteiger partial charge in [-0.3, -0.25) is 4.79 Å². The number of carbonyl (C=O) groups excluding carboxylic acids is 1. The van der Waals surface area contributed by atoms with Gasteiger partial charge in [-0.25, -0.2) is 13.1 Å². The van der Waals surface area contributed by atoms with Gasteiger partial charge in [-0.15, -0.1) is 0 Å². The van der Waals surface area contributed by atoms with Gasteiger partial charge in [-0.2, -0.15) is 0 Å². The molecule has 174 valence electrons. The second kappa shape index (κ2) is 11.1. The van der Waals surface area contributed by atoms with Crippen molar-refractivity contribution in [2.45, 2.75) is 37.2 Å². The summed E-state index contributed by atoms with van der Waals surface area (Å²) in [7, 11) is -0.244. The number of hydrogen-bond donors (Lipinski definition) is 1. The average Bonchev–Trinajstić information content (AvgIpc) is 2.83. The van der Waals surface area contributed by atoms with Crippen LogP contribution in [0.3, 0.4) is 0 Å². The van der Waals surface area contributed by atoms with Gasteiger partial charge in [0.1, 0.15) is 5.75 Å². The summed E-state index contributed by atoms with van der Waals surface area (Å²) in [6.07, 6.45) is 0.891. The molecule has 7 heteroatoms. The van der Waals surface area contributed by atoms with Crippen molar-refractivity contribution in [2.75, 3.05) is 14.2 Å². The quantitative estimate of drug-likeness (QED) is 0.483. The fourth-order valence-corrected chi connectivity index (χ4v) is 4.71. The number of rotatable bonds is 10. The van der Waals surface area contributed by atoms with Crippen molar-refractivity contribution in [3.8, 4) is 5.75 Å². The minimum absolute atomic E-state index is 0.0286. The van der Waals surface area contributed by atoms with Crippen LogP contribution in [-0.2, 0) is 27.8 Å². The second-order valence-corrected chi connectivity index (χ2v) is 9.71. The van der Waals surface area contributed by atoms with Crippen LogP contribution in [0.25, 0.3) is 0 Å². The molecule has 6 nitrogen and oxygen atoms in total. The molecule has 1 atom stereocenters. The molecule has 0 aromatic heterocycles. The Kier molecular flexibility index (Phi) is 8.25. The highest BCUT2D eigenvalue weighted by molar-refractivity contribution is 7.89. The number of ether oxygens (including phenoxy) is 1. The molecule has 3 aromatic carbocycles. The van der Waals surface area contributed by atoms with Crippen LogP contribution in [0.15, 0.2) is 83.8 Å². The molecule has 0 radical (unpaired) electrons. The van der Waals surface area contributed by atoms with E-state index in [1.54, 1.807) is 43.3 Å². The number of nitrogens with zero attached hydrogens (tertiary/aromatic N) is 1. The fourth-order valence-electron chi connectivity index (χ4n) is 3.48. The summed E-state index contributed by atoms with van der Waals surface area (Å²) >= 11 is 0. The number of benzene rings is 3. The molecule has 3 aromatic rings. The molecule has 0 aliphatic heterocycles. The summed E-state index contributed by atoms with van der Waals surface area (Å²) in [4.78, 5) is 14.4. The zero-order chi connectivity index (χ0) is 23.8. The third-order valence-corrected chi connectivity index (χ3v) is 7.05. The van der Waals surface area contributed by atoms with E-state index in [-0.39, 0.29) is 16.8 Å². The zero-order valence-electron chi connectivity index (χ0n) is 19.2. The van der Waals surface area contributed by atoms with Crippen molar-refractivity contribution in [1.29, 1.82) is 0 Å². The Morgan fingerprint density at radius 3 is 2.15 bits per heavy atom. The Labute approximate surface area is 196 Å². The Morgan fingerprint density at radius 2 is 1.55 bits per heavy atom. The molecule has 1 amide bonds. The minimum Gasteiger partial charge on any atom is -0.497 e. The van der Waals surface area contributed by atoms with E-state index in [0.717, 1.165) is 22.4 Å². The lowest BCUT2D eigenvalue weighted by molar-refractivity contribution is -0.130. The summed E-state index contributed by atoms with van der Waals surface area (Å²) in [6, 6.07) is 23.4. The molecule has 0 bridgehead atoms. The van der Waals surface area contributed by atoms with Crippen molar-refractivity contribution < 1.29 is 17.9 Å². The molecule has 1 N–H and O–H groups in total. The highest BCUT2D eigenvalue weighted by Gasteiger charge is 2.18. The molecule has 0 aliphatic rings. The number of methoxy groups -OCH3 is 1. The highest BCUT2D eigenvalue weighted by atomic mass is 32.2. The monoisotopic (exact) mass is 466 g/mol. The van der Waals surface area contributed by atoms with E-state index in [0.29, 0.717) is 19.4 Å². The molecule has 0 aliphatic carbocycles. The first-order valence-corrected chi connectivity index (χ1v) is 12.3. The van der Waals surface area contributed by atoms with Gasteiger partial charge in [0.05, 0.1) is 12.0 Å². The van der Waals surface area contributed by atoms with Gasteiger partial charge >= 0.3 is 0 Å². The maximum Gasteiger partial charge on any atom is 0.241 e. The Bertz CT molecular complexity index is 1150. The van der Waals surface area contributed by atoms with Gasteiger partial charge in [0.15, 0.2) is 0 Å². The van der Waals surface area contributed by atoms with Gasteiger partial charge in [-0.1, -0.05) is 54.6 Å². The number of hydrogen-bond acceptors (Lipinski definition) is 4.